The average molecular weight is 635 g/mol. The van der Waals surface area contributed by atoms with E-state index in [1.165, 1.54) is 68.7 Å². The van der Waals surface area contributed by atoms with Gasteiger partial charge in [-0.05, 0) is 85.9 Å². The van der Waals surface area contributed by atoms with Crippen molar-refractivity contribution in [3.63, 3.8) is 0 Å². The number of fused-ring (bicyclic) bond motifs is 1. The molecule has 4 aromatic rings. The number of hydrogen-bond donors (Lipinski definition) is 0. The molecule has 1 unspecified atom stereocenters. The van der Waals surface area contributed by atoms with Crippen molar-refractivity contribution in [3.05, 3.63) is 92.9 Å². The molecule has 1 aromatic heterocycles. The molecule has 0 amide bonds. The van der Waals surface area contributed by atoms with Crippen LogP contribution in [0.15, 0.2) is 60.1 Å². The lowest BCUT2D eigenvalue weighted by atomic mass is 9.77. The quantitative estimate of drug-likeness (QED) is 0.197. The molecule has 0 fully saturated rings. The van der Waals surface area contributed by atoms with E-state index in [-0.39, 0.29) is 21.7 Å². The largest absolute Gasteiger partial charge is 0.231 e. The van der Waals surface area contributed by atoms with Gasteiger partial charge in [-0.1, -0.05) is 151 Å². The predicted octanol–water partition coefficient (Wildman–Crippen LogP) is 12.6. The van der Waals surface area contributed by atoms with Crippen molar-refractivity contribution in [2.75, 3.05) is 0 Å². The van der Waals surface area contributed by atoms with Crippen molar-refractivity contribution in [1.82, 2.24) is 0 Å². The number of nitrogens with zero attached hydrogens (tertiary/aromatic N) is 1. The minimum atomic E-state index is 0.0512. The van der Waals surface area contributed by atoms with Crippen molar-refractivity contribution >= 4 is 11.3 Å². The maximum atomic E-state index is 2.61. The zero-order valence-electron chi connectivity index (χ0n) is 31.4. The SMILES string of the molecule is CC(C)C1CCCc2c1sc[n+]2-c1c(-c2cc(C(C)(C)C)cc(C(C)(C)C)c2)cccc1-c1cc(C(C)(C)C)cc(C(C)(C)C)c1. The summed E-state index contributed by atoms with van der Waals surface area (Å²) in [4.78, 5) is 1.60. The second kappa shape index (κ2) is 12.1. The van der Waals surface area contributed by atoms with Gasteiger partial charge >= 0.3 is 0 Å². The van der Waals surface area contributed by atoms with Gasteiger partial charge < -0.3 is 0 Å². The minimum Gasteiger partial charge on any atom is -0.153 e. The average Bonchev–Trinajstić information content (AvgIpc) is 3.38. The number of thiazole rings is 1. The molecule has 1 heterocycles. The van der Waals surface area contributed by atoms with Crippen LogP contribution in [0.5, 0.6) is 0 Å². The third kappa shape index (κ3) is 6.94. The normalized spacial score (nSPS) is 16.2. The lowest BCUT2D eigenvalue weighted by Crippen LogP contribution is -2.36. The van der Waals surface area contributed by atoms with Gasteiger partial charge in [0.2, 0.25) is 16.9 Å². The zero-order chi connectivity index (χ0) is 34.0. The Kier molecular flexibility index (Phi) is 9.08. The minimum absolute atomic E-state index is 0.0512. The first kappa shape index (κ1) is 34.6. The smallest absolute Gasteiger partial charge is 0.153 e. The van der Waals surface area contributed by atoms with Crippen molar-refractivity contribution in [3.8, 4) is 27.9 Å². The van der Waals surface area contributed by atoms with Crippen LogP contribution in [0.4, 0.5) is 0 Å². The fourth-order valence-electron chi connectivity index (χ4n) is 6.92. The number of rotatable bonds is 4. The van der Waals surface area contributed by atoms with Crippen LogP contribution in [0.3, 0.4) is 0 Å². The monoisotopic (exact) mass is 634 g/mol. The molecular weight excluding hydrogens is 575 g/mol. The van der Waals surface area contributed by atoms with Crippen LogP contribution in [0.1, 0.15) is 149 Å². The molecular formula is C44H60NS+. The highest BCUT2D eigenvalue weighted by Crippen LogP contribution is 2.43. The van der Waals surface area contributed by atoms with Crippen molar-refractivity contribution in [2.45, 2.75) is 144 Å². The molecule has 2 heteroatoms. The van der Waals surface area contributed by atoms with Crippen LogP contribution in [-0.4, -0.2) is 0 Å². The molecule has 1 atom stereocenters. The van der Waals surface area contributed by atoms with E-state index >= 15 is 0 Å². The molecule has 1 aliphatic rings. The first-order valence-electron chi connectivity index (χ1n) is 17.6. The number of hydrogen-bond acceptors (Lipinski definition) is 1. The fourth-order valence-corrected chi connectivity index (χ4v) is 8.27. The van der Waals surface area contributed by atoms with E-state index in [0.717, 1.165) is 6.42 Å². The summed E-state index contributed by atoms with van der Waals surface area (Å²) < 4.78 is 2.61. The predicted molar refractivity (Wildman–Crippen MR) is 202 cm³/mol. The van der Waals surface area contributed by atoms with Gasteiger partial charge in [-0.3, -0.25) is 0 Å². The van der Waals surface area contributed by atoms with Gasteiger partial charge in [-0.25, -0.2) is 0 Å². The van der Waals surface area contributed by atoms with Gasteiger partial charge in [0.1, 0.15) is 0 Å². The van der Waals surface area contributed by atoms with Gasteiger partial charge in [0.15, 0.2) is 0 Å². The number of benzene rings is 3. The Labute approximate surface area is 285 Å². The number of aromatic nitrogens is 1. The third-order valence-corrected chi connectivity index (χ3v) is 11.3. The van der Waals surface area contributed by atoms with Gasteiger partial charge in [0, 0.05) is 12.3 Å². The van der Waals surface area contributed by atoms with Crippen LogP contribution in [0, 0.1) is 5.92 Å². The molecule has 0 aliphatic heterocycles. The van der Waals surface area contributed by atoms with E-state index in [1.54, 1.807) is 4.88 Å². The van der Waals surface area contributed by atoms with Gasteiger partial charge in [-0.15, -0.1) is 0 Å². The highest BCUT2D eigenvalue weighted by molar-refractivity contribution is 7.09. The van der Waals surface area contributed by atoms with Gasteiger partial charge in [-0.2, -0.15) is 4.57 Å². The maximum Gasteiger partial charge on any atom is 0.231 e. The molecule has 1 nitrogen and oxygen atoms in total. The molecule has 246 valence electrons. The lowest BCUT2D eigenvalue weighted by molar-refractivity contribution is -0.598. The molecule has 0 bridgehead atoms. The Balaban J connectivity index is 1.90. The topological polar surface area (TPSA) is 3.88 Å². The summed E-state index contributed by atoms with van der Waals surface area (Å²) in [6.07, 6.45) is 3.69. The van der Waals surface area contributed by atoms with E-state index in [2.05, 4.69) is 162 Å². The molecule has 0 saturated heterocycles. The van der Waals surface area contributed by atoms with Gasteiger partial charge in [0.05, 0.1) is 16.0 Å². The molecule has 5 rings (SSSR count). The third-order valence-electron chi connectivity index (χ3n) is 10.2. The Morgan fingerprint density at radius 3 is 1.41 bits per heavy atom. The van der Waals surface area contributed by atoms with Crippen LogP contribution in [0.2, 0.25) is 0 Å². The van der Waals surface area contributed by atoms with E-state index in [4.69, 9.17) is 0 Å². The van der Waals surface area contributed by atoms with Crippen molar-refractivity contribution in [1.29, 1.82) is 0 Å². The zero-order valence-corrected chi connectivity index (χ0v) is 32.2. The van der Waals surface area contributed by atoms with Crippen LogP contribution < -0.4 is 4.57 Å². The first-order valence-corrected chi connectivity index (χ1v) is 18.5. The molecule has 3 aromatic carbocycles. The second-order valence-electron chi connectivity index (χ2n) is 18.4. The lowest BCUT2D eigenvalue weighted by Gasteiger charge is -2.27. The van der Waals surface area contributed by atoms with Crippen molar-refractivity contribution < 1.29 is 4.57 Å². The molecule has 0 spiro atoms. The Morgan fingerprint density at radius 2 is 1.04 bits per heavy atom. The molecule has 1 aliphatic carbocycles. The molecule has 0 saturated carbocycles. The van der Waals surface area contributed by atoms with Crippen LogP contribution in [0.25, 0.3) is 27.9 Å². The first-order chi connectivity index (χ1) is 21.2. The van der Waals surface area contributed by atoms with E-state index in [1.807, 2.05) is 11.3 Å². The summed E-state index contributed by atoms with van der Waals surface area (Å²) in [7, 11) is 0. The second-order valence-corrected chi connectivity index (χ2v) is 19.3. The van der Waals surface area contributed by atoms with Gasteiger partial charge in [0.25, 0.3) is 0 Å². The summed E-state index contributed by atoms with van der Waals surface area (Å²) >= 11 is 1.98. The summed E-state index contributed by atoms with van der Waals surface area (Å²) in [5, 5.41) is 0. The summed E-state index contributed by atoms with van der Waals surface area (Å²) in [5.41, 5.74) is 16.4. The van der Waals surface area contributed by atoms with Crippen LogP contribution >= 0.6 is 11.3 Å². The number of para-hydroxylation sites is 1. The summed E-state index contributed by atoms with van der Waals surface area (Å²) in [5.74, 6) is 1.29. The maximum absolute atomic E-state index is 2.61. The highest BCUT2D eigenvalue weighted by atomic mass is 32.1. The highest BCUT2D eigenvalue weighted by Gasteiger charge is 2.35. The Morgan fingerprint density at radius 1 is 0.630 bits per heavy atom. The fraction of sp³-hybridized carbons (Fsp3) is 0.523. The standard InChI is InChI=1S/C44H60NS/c1-28(2)35-17-16-20-38-40(35)46-27-45(38)39-36(29-21-31(41(3,4)5)25-32(22-29)42(6,7)8)18-15-19-37(39)30-23-33(43(9,10)11)26-34(24-30)44(12,13)14/h15,18-19,21-28,35H,16-17,20H2,1-14H3/q+1. The summed E-state index contributed by atoms with van der Waals surface area (Å²) in [6, 6.07) is 21.8. The van der Waals surface area contributed by atoms with E-state index in [9.17, 15) is 0 Å². The summed E-state index contributed by atoms with van der Waals surface area (Å²) in [6.45, 7) is 33.0. The Bertz CT molecular complexity index is 1560. The van der Waals surface area contributed by atoms with Crippen molar-refractivity contribution in [2.24, 2.45) is 5.92 Å². The Hall–Kier alpha value is -2.71. The molecule has 0 N–H and O–H groups in total. The van der Waals surface area contributed by atoms with E-state index in [0.29, 0.717) is 11.8 Å². The van der Waals surface area contributed by atoms with E-state index < -0.39 is 0 Å². The molecule has 0 radical (unpaired) electrons. The van der Waals surface area contributed by atoms with Crippen LogP contribution in [-0.2, 0) is 28.1 Å². The molecule has 46 heavy (non-hydrogen) atoms.